The Bertz CT molecular complexity index is 1750. The zero-order valence-electron chi connectivity index (χ0n) is 26.2. The van der Waals surface area contributed by atoms with Crippen LogP contribution in [-0.2, 0) is 30.5 Å². The molecule has 9 N–H and O–H groups in total. The van der Waals surface area contributed by atoms with E-state index >= 15 is 0 Å². The molecule has 1 saturated heterocycles. The van der Waals surface area contributed by atoms with Crippen LogP contribution in [0.15, 0.2) is 103 Å². The van der Waals surface area contributed by atoms with Crippen LogP contribution in [0.25, 0.3) is 0 Å². The summed E-state index contributed by atoms with van der Waals surface area (Å²) < 4.78 is 16.5. The number of benzene rings is 4. The van der Waals surface area contributed by atoms with E-state index in [1.807, 2.05) is 60.7 Å². The molecule has 2 amide bonds. The Balaban J connectivity index is 1.56. The molecule has 0 unspecified atom stereocenters. The zero-order chi connectivity index (χ0) is 34.4. The number of carbonyl (C=O) groups excluding carboxylic acids is 1. The van der Waals surface area contributed by atoms with Gasteiger partial charge in [0, 0.05) is 24.3 Å². The van der Waals surface area contributed by atoms with Crippen molar-refractivity contribution in [2.75, 3.05) is 12.1 Å². The molecule has 0 aromatic heterocycles. The smallest absolute Gasteiger partial charge is 0.362 e. The fourth-order valence-electron chi connectivity index (χ4n) is 5.99. The second-order valence-electron chi connectivity index (χ2n) is 12.0. The molecule has 48 heavy (non-hydrogen) atoms. The summed E-state index contributed by atoms with van der Waals surface area (Å²) >= 11 is 0. The summed E-state index contributed by atoms with van der Waals surface area (Å²) in [4.78, 5) is 36.3. The summed E-state index contributed by atoms with van der Waals surface area (Å²) in [7, 11) is -4.38. The highest BCUT2D eigenvalue weighted by molar-refractivity contribution is 7.51. The van der Waals surface area contributed by atoms with Gasteiger partial charge in [0.25, 0.3) is 0 Å². The number of nitrogen functional groups attached to an aromatic ring is 2. The van der Waals surface area contributed by atoms with Crippen LogP contribution in [0.3, 0.4) is 0 Å². The summed E-state index contributed by atoms with van der Waals surface area (Å²) in [5.74, 6) is 0.0281. The third-order valence-corrected chi connectivity index (χ3v) is 8.91. The lowest BCUT2D eigenvalue weighted by molar-refractivity contribution is -0.0408. The number of nitrogens with one attached hydrogen (secondary N) is 1. The lowest BCUT2D eigenvalue weighted by atomic mass is 9.91. The summed E-state index contributed by atoms with van der Waals surface area (Å²) in [6.07, 6.45) is -2.92. The van der Waals surface area contributed by atoms with Gasteiger partial charge in [-0.25, -0.2) is 4.79 Å². The molecule has 1 fully saturated rings. The number of urea groups is 1. The van der Waals surface area contributed by atoms with Crippen molar-refractivity contribution in [1.82, 2.24) is 9.80 Å². The van der Waals surface area contributed by atoms with E-state index in [0.29, 0.717) is 22.4 Å². The first kappa shape index (κ1) is 34.6. The quantitative estimate of drug-likeness (QED) is 0.0508. The Kier molecular flexibility index (Phi) is 10.8. The molecule has 1 heterocycles. The lowest BCUT2D eigenvalue weighted by Crippen LogP contribution is -2.50. The van der Waals surface area contributed by atoms with Crippen molar-refractivity contribution in [2.45, 2.75) is 50.2 Å². The molecule has 252 valence electrons. The van der Waals surface area contributed by atoms with Crippen molar-refractivity contribution in [3.8, 4) is 5.75 Å². The number of amides is 2. The summed E-state index contributed by atoms with van der Waals surface area (Å²) in [6.45, 7) is 0.0816. The number of hydrogen-bond donors (Lipinski definition) is 7. The highest BCUT2D eigenvalue weighted by Crippen LogP contribution is 2.35. The second kappa shape index (κ2) is 15.0. The molecule has 0 spiro atoms. The number of ether oxygens (including phenoxy) is 1. The first-order valence-corrected chi connectivity index (χ1v) is 17.2. The largest absolute Gasteiger partial charge is 0.481 e. The maximum Gasteiger partial charge on any atom is 0.362 e. The molecule has 4 atom stereocenters. The molecule has 4 aromatic carbocycles. The van der Waals surface area contributed by atoms with Gasteiger partial charge < -0.3 is 46.0 Å². The van der Waals surface area contributed by atoms with Crippen LogP contribution in [0.1, 0.15) is 27.8 Å². The van der Waals surface area contributed by atoms with Crippen LogP contribution in [-0.4, -0.2) is 72.3 Å². The van der Waals surface area contributed by atoms with E-state index in [1.165, 1.54) is 0 Å². The minimum Gasteiger partial charge on any atom is -0.481 e. The standard InChI is InChI=1S/C35H40N5O7P/c36-29-16-13-26(17-28(29)34(37)38)21-40-31(19-24-9-5-2-6-10-24)33(42)32(41)30(18-23-7-3-1-4-8-23)39(35(40)43)20-25-11-14-27(15-12-25)47-22-48(44,45)46/h1-17,30-33,41-42H,18-22,36H2,(H3,37,38)(H2,44,45,46)/t30-,31-,32+,33+/m1/s1. The van der Waals surface area contributed by atoms with Gasteiger partial charge in [-0.2, -0.15) is 0 Å². The zero-order valence-corrected chi connectivity index (χ0v) is 27.1. The number of carbonyl (C=O) groups is 1. The van der Waals surface area contributed by atoms with Gasteiger partial charge in [0.1, 0.15) is 23.8 Å². The number of aliphatic hydroxyl groups is 2. The Morgan fingerprint density at radius 1 is 0.750 bits per heavy atom. The Morgan fingerprint density at radius 2 is 1.23 bits per heavy atom. The second-order valence-corrected chi connectivity index (χ2v) is 13.5. The first-order chi connectivity index (χ1) is 22.9. The molecule has 0 radical (unpaired) electrons. The number of rotatable bonds is 12. The Morgan fingerprint density at radius 3 is 1.71 bits per heavy atom. The third kappa shape index (κ3) is 8.60. The van der Waals surface area contributed by atoms with Crippen molar-refractivity contribution >= 4 is 25.1 Å². The molecule has 1 aliphatic heterocycles. The summed E-state index contributed by atoms with van der Waals surface area (Å²) in [5.41, 5.74) is 15.5. The number of nitrogens with two attached hydrogens (primary N) is 2. The predicted molar refractivity (Wildman–Crippen MR) is 182 cm³/mol. The fourth-order valence-corrected chi connectivity index (χ4v) is 6.31. The van der Waals surface area contributed by atoms with Crippen molar-refractivity contribution < 1.29 is 34.1 Å². The minimum absolute atomic E-state index is 0.0321. The maximum absolute atomic E-state index is 14.8. The SMILES string of the molecule is N=C(N)c1cc(CN2C(=O)N(Cc3ccc(OCP(=O)(O)O)cc3)[C@H](Cc3ccccc3)[C@H](O)[C@@H](O)[C@H]2Cc2ccccc2)ccc1N. The van der Waals surface area contributed by atoms with Crippen molar-refractivity contribution in [2.24, 2.45) is 5.73 Å². The van der Waals surface area contributed by atoms with Gasteiger partial charge in [-0.15, -0.1) is 0 Å². The van der Waals surface area contributed by atoms with Crippen LogP contribution in [0, 0.1) is 5.41 Å². The number of nitrogens with zero attached hydrogens (tertiary/aromatic N) is 2. The maximum atomic E-state index is 14.8. The average molecular weight is 674 g/mol. The highest BCUT2D eigenvalue weighted by Gasteiger charge is 2.46. The number of aliphatic hydroxyl groups excluding tert-OH is 2. The van der Waals surface area contributed by atoms with Gasteiger partial charge >= 0.3 is 13.6 Å². The summed E-state index contributed by atoms with van der Waals surface area (Å²) in [5, 5.41) is 31.8. The molecule has 13 heteroatoms. The van der Waals surface area contributed by atoms with Crippen LogP contribution in [0.2, 0.25) is 0 Å². The predicted octanol–water partition coefficient (Wildman–Crippen LogP) is 3.45. The molecule has 5 rings (SSSR count). The van der Waals surface area contributed by atoms with Gasteiger partial charge in [-0.05, 0) is 59.4 Å². The van der Waals surface area contributed by atoms with Crippen LogP contribution >= 0.6 is 7.60 Å². The van der Waals surface area contributed by atoms with Gasteiger partial charge in [0.2, 0.25) is 0 Å². The number of anilines is 1. The van der Waals surface area contributed by atoms with Gasteiger partial charge in [0.15, 0.2) is 6.35 Å². The van der Waals surface area contributed by atoms with Crippen LogP contribution in [0.5, 0.6) is 5.75 Å². The van der Waals surface area contributed by atoms with E-state index in [2.05, 4.69) is 0 Å². The monoisotopic (exact) mass is 673 g/mol. The van der Waals surface area contributed by atoms with E-state index in [0.717, 1.165) is 11.1 Å². The highest BCUT2D eigenvalue weighted by atomic mass is 31.2. The number of amidine groups is 1. The van der Waals surface area contributed by atoms with Gasteiger partial charge in [-0.3, -0.25) is 9.97 Å². The lowest BCUT2D eigenvalue weighted by Gasteiger charge is -2.36. The van der Waals surface area contributed by atoms with E-state index in [1.54, 1.807) is 52.3 Å². The number of hydrogen-bond acceptors (Lipinski definition) is 7. The Hall–Kier alpha value is -4.71. The molecule has 1 aliphatic rings. The van der Waals surface area contributed by atoms with Crippen molar-refractivity contribution in [3.05, 3.63) is 131 Å². The van der Waals surface area contributed by atoms with E-state index < -0.39 is 44.3 Å². The van der Waals surface area contributed by atoms with Gasteiger partial charge in [0.05, 0.1) is 12.1 Å². The molecule has 0 aliphatic carbocycles. The van der Waals surface area contributed by atoms with E-state index in [4.69, 9.17) is 21.6 Å². The average Bonchev–Trinajstić information content (AvgIpc) is 3.12. The Labute approximate surface area is 278 Å². The minimum atomic E-state index is -4.38. The third-order valence-electron chi connectivity index (χ3n) is 8.44. The topological polar surface area (TPSA) is 207 Å². The molecule has 4 aromatic rings. The van der Waals surface area contributed by atoms with Gasteiger partial charge in [-0.1, -0.05) is 78.9 Å². The fraction of sp³-hybridized carbons (Fsp3) is 0.257. The van der Waals surface area contributed by atoms with Crippen LogP contribution in [0.4, 0.5) is 10.5 Å². The van der Waals surface area contributed by atoms with E-state index in [9.17, 15) is 29.4 Å². The first-order valence-electron chi connectivity index (χ1n) is 15.4. The normalized spacial score (nSPS) is 20.0. The van der Waals surface area contributed by atoms with Crippen molar-refractivity contribution in [1.29, 1.82) is 5.41 Å². The summed E-state index contributed by atoms with van der Waals surface area (Å²) in [6, 6.07) is 28.2. The molecular formula is C35H40N5O7P. The molecular weight excluding hydrogens is 633 g/mol. The van der Waals surface area contributed by atoms with Crippen molar-refractivity contribution in [3.63, 3.8) is 0 Å². The molecule has 0 bridgehead atoms. The van der Waals surface area contributed by atoms with Crippen LogP contribution < -0.4 is 16.2 Å². The molecule has 0 saturated carbocycles. The van der Waals surface area contributed by atoms with E-state index in [-0.39, 0.29) is 37.5 Å². The molecule has 12 nitrogen and oxygen atoms in total.